The van der Waals surface area contributed by atoms with Crippen LogP contribution in [0.2, 0.25) is 0 Å². The Hall–Kier alpha value is -2.41. The second-order valence-electron chi connectivity index (χ2n) is 6.50. The summed E-state index contributed by atoms with van der Waals surface area (Å²) in [6.45, 7) is 3.83. The quantitative estimate of drug-likeness (QED) is 0.759. The van der Waals surface area contributed by atoms with Crippen LogP contribution in [0.3, 0.4) is 0 Å². The van der Waals surface area contributed by atoms with Gasteiger partial charge < -0.3 is 19.0 Å². The molecule has 1 aromatic carbocycles. The average Bonchev–Trinajstić information content (AvgIpc) is 3.15. The van der Waals surface area contributed by atoms with Crippen LogP contribution in [0, 0.1) is 5.82 Å². The maximum Gasteiger partial charge on any atom is 0.275 e. The van der Waals surface area contributed by atoms with Gasteiger partial charge in [-0.2, -0.15) is 0 Å². The Morgan fingerprint density at radius 2 is 2.00 bits per heavy atom. The lowest BCUT2D eigenvalue weighted by atomic mass is 10.1. The van der Waals surface area contributed by atoms with Crippen LogP contribution in [-0.2, 0) is 6.61 Å². The summed E-state index contributed by atoms with van der Waals surface area (Å²) in [6, 6.07) is 5.69. The van der Waals surface area contributed by atoms with E-state index in [-0.39, 0.29) is 24.0 Å². The Morgan fingerprint density at radius 1 is 1.27 bits per heavy atom. The molecule has 0 bridgehead atoms. The van der Waals surface area contributed by atoms with Crippen molar-refractivity contribution in [3.05, 3.63) is 47.9 Å². The lowest BCUT2D eigenvalue weighted by Gasteiger charge is -2.28. The Labute approximate surface area is 152 Å². The summed E-state index contributed by atoms with van der Waals surface area (Å²) in [5.41, 5.74) is 0.267. The van der Waals surface area contributed by atoms with Crippen LogP contribution in [0.1, 0.15) is 35.6 Å². The molecule has 3 rings (SSSR count). The number of piperidine rings is 1. The number of likely N-dealkylation sites (N-methyl/N-ethyl adjacent to an activating group) is 1. The third-order valence-corrected chi connectivity index (χ3v) is 4.49. The first-order chi connectivity index (χ1) is 12.6. The third-order valence-electron chi connectivity index (χ3n) is 4.49. The van der Waals surface area contributed by atoms with Crippen molar-refractivity contribution >= 4 is 5.91 Å². The van der Waals surface area contributed by atoms with E-state index < -0.39 is 0 Å². The van der Waals surface area contributed by atoms with Crippen molar-refractivity contribution < 1.29 is 18.3 Å². The molecule has 0 atom stereocenters. The highest BCUT2D eigenvalue weighted by molar-refractivity contribution is 5.91. The molecule has 1 aromatic heterocycles. The minimum Gasteiger partial charge on any atom is -0.484 e. The van der Waals surface area contributed by atoms with E-state index in [0.717, 1.165) is 19.6 Å². The standard InChI is InChI=1S/C19H24FN3O3/c1-22(11-12-23-9-3-2-4-10-23)19(24)17-13-26-18(21-17)14-25-16-7-5-15(20)6-8-16/h5-8,13H,2-4,9-12,14H2,1H3. The molecule has 1 fully saturated rings. The van der Waals surface area contributed by atoms with Gasteiger partial charge in [-0.15, -0.1) is 0 Å². The van der Waals surface area contributed by atoms with Crippen LogP contribution in [0.5, 0.6) is 5.75 Å². The molecule has 7 heteroatoms. The Balaban J connectivity index is 1.47. The summed E-state index contributed by atoms with van der Waals surface area (Å²) in [5.74, 6) is 0.325. The van der Waals surface area contributed by atoms with Gasteiger partial charge >= 0.3 is 0 Å². The number of likely N-dealkylation sites (tertiary alicyclic amines) is 1. The van der Waals surface area contributed by atoms with E-state index >= 15 is 0 Å². The SMILES string of the molecule is CN(CCN1CCCCC1)C(=O)c1coc(COc2ccc(F)cc2)n1. The van der Waals surface area contributed by atoms with Crippen LogP contribution >= 0.6 is 0 Å². The predicted octanol–water partition coefficient (Wildman–Crippen LogP) is 2.95. The van der Waals surface area contributed by atoms with Gasteiger partial charge in [0.1, 0.15) is 17.8 Å². The van der Waals surface area contributed by atoms with Gasteiger partial charge in [0, 0.05) is 20.1 Å². The van der Waals surface area contributed by atoms with Crippen molar-refractivity contribution in [2.75, 3.05) is 33.2 Å². The monoisotopic (exact) mass is 361 g/mol. The maximum absolute atomic E-state index is 12.9. The van der Waals surface area contributed by atoms with Crippen LogP contribution in [0.25, 0.3) is 0 Å². The van der Waals surface area contributed by atoms with Crippen molar-refractivity contribution in [3.8, 4) is 5.75 Å². The van der Waals surface area contributed by atoms with Crippen LogP contribution < -0.4 is 4.74 Å². The predicted molar refractivity (Wildman–Crippen MR) is 94.5 cm³/mol. The Bertz CT molecular complexity index is 711. The molecule has 1 aliphatic rings. The summed E-state index contributed by atoms with van der Waals surface area (Å²) in [4.78, 5) is 20.7. The smallest absolute Gasteiger partial charge is 0.275 e. The van der Waals surface area contributed by atoms with Gasteiger partial charge in [0.25, 0.3) is 5.91 Å². The zero-order valence-electron chi connectivity index (χ0n) is 15.0. The summed E-state index contributed by atoms with van der Waals surface area (Å²) < 4.78 is 23.6. The first kappa shape index (κ1) is 18.4. The number of amides is 1. The number of benzene rings is 1. The number of halogens is 1. The number of rotatable bonds is 7. The Morgan fingerprint density at radius 3 is 2.73 bits per heavy atom. The van der Waals surface area contributed by atoms with Crippen molar-refractivity contribution in [3.63, 3.8) is 0 Å². The van der Waals surface area contributed by atoms with E-state index in [9.17, 15) is 9.18 Å². The minimum absolute atomic E-state index is 0.0798. The van der Waals surface area contributed by atoms with Gasteiger partial charge in [0.2, 0.25) is 5.89 Å². The topological polar surface area (TPSA) is 58.8 Å². The Kier molecular flexibility index (Phi) is 6.22. The molecule has 0 N–H and O–H groups in total. The molecule has 2 aromatic rings. The van der Waals surface area contributed by atoms with Crippen molar-refractivity contribution in [2.24, 2.45) is 0 Å². The zero-order valence-corrected chi connectivity index (χ0v) is 15.0. The van der Waals surface area contributed by atoms with Gasteiger partial charge in [-0.05, 0) is 50.2 Å². The van der Waals surface area contributed by atoms with E-state index in [2.05, 4.69) is 9.88 Å². The summed E-state index contributed by atoms with van der Waals surface area (Å²) >= 11 is 0. The van der Waals surface area contributed by atoms with Gasteiger partial charge in [-0.1, -0.05) is 6.42 Å². The van der Waals surface area contributed by atoms with Gasteiger partial charge in [0.15, 0.2) is 12.3 Å². The molecular formula is C19H24FN3O3. The molecule has 0 radical (unpaired) electrons. The van der Waals surface area contributed by atoms with Crippen molar-refractivity contribution in [1.82, 2.24) is 14.8 Å². The van der Waals surface area contributed by atoms with Gasteiger partial charge in [-0.3, -0.25) is 4.79 Å². The number of aromatic nitrogens is 1. The lowest BCUT2D eigenvalue weighted by molar-refractivity contribution is 0.0767. The van der Waals surface area contributed by atoms with Gasteiger partial charge in [0.05, 0.1) is 0 Å². The fraction of sp³-hybridized carbons (Fsp3) is 0.474. The van der Waals surface area contributed by atoms with E-state index in [1.807, 2.05) is 0 Å². The minimum atomic E-state index is -0.325. The van der Waals surface area contributed by atoms with Gasteiger partial charge in [-0.25, -0.2) is 9.37 Å². The molecule has 140 valence electrons. The average molecular weight is 361 g/mol. The van der Waals surface area contributed by atoms with Crippen LogP contribution in [-0.4, -0.2) is 53.9 Å². The fourth-order valence-corrected chi connectivity index (χ4v) is 2.92. The normalized spacial score (nSPS) is 15.0. The van der Waals surface area contributed by atoms with E-state index in [4.69, 9.17) is 9.15 Å². The molecule has 0 saturated carbocycles. The largest absolute Gasteiger partial charge is 0.484 e. The fourth-order valence-electron chi connectivity index (χ4n) is 2.92. The first-order valence-electron chi connectivity index (χ1n) is 8.92. The van der Waals surface area contributed by atoms with Crippen LogP contribution in [0.4, 0.5) is 4.39 Å². The highest BCUT2D eigenvalue weighted by atomic mass is 19.1. The maximum atomic E-state index is 12.9. The molecule has 1 saturated heterocycles. The number of hydrogen-bond acceptors (Lipinski definition) is 5. The van der Waals surface area contributed by atoms with Crippen molar-refractivity contribution in [2.45, 2.75) is 25.9 Å². The molecular weight excluding hydrogens is 337 g/mol. The number of nitrogens with zero attached hydrogens (tertiary/aromatic N) is 3. The van der Waals surface area contributed by atoms with Crippen LogP contribution in [0.15, 0.2) is 34.9 Å². The molecule has 2 heterocycles. The molecule has 0 aliphatic carbocycles. The van der Waals surface area contributed by atoms with E-state index in [1.165, 1.54) is 49.8 Å². The summed E-state index contributed by atoms with van der Waals surface area (Å²) in [7, 11) is 1.77. The second-order valence-corrected chi connectivity index (χ2v) is 6.50. The number of ether oxygens (including phenoxy) is 1. The number of hydrogen-bond donors (Lipinski definition) is 0. The molecule has 6 nitrogen and oxygen atoms in total. The number of oxazole rings is 1. The highest BCUT2D eigenvalue weighted by Gasteiger charge is 2.18. The number of carbonyl (C=O) groups is 1. The van der Waals surface area contributed by atoms with Crippen molar-refractivity contribution in [1.29, 1.82) is 0 Å². The lowest BCUT2D eigenvalue weighted by Crippen LogP contribution is -2.38. The zero-order chi connectivity index (χ0) is 18.4. The third kappa shape index (κ3) is 5.05. The molecule has 26 heavy (non-hydrogen) atoms. The first-order valence-corrected chi connectivity index (χ1v) is 8.92. The number of carbonyl (C=O) groups excluding carboxylic acids is 1. The highest BCUT2D eigenvalue weighted by Crippen LogP contribution is 2.14. The van der Waals surface area contributed by atoms with E-state index in [1.54, 1.807) is 11.9 Å². The second kappa shape index (κ2) is 8.80. The molecule has 0 unspecified atom stereocenters. The molecule has 1 aliphatic heterocycles. The summed E-state index contributed by atoms with van der Waals surface area (Å²) in [6.07, 6.45) is 5.12. The molecule has 0 spiro atoms. The summed E-state index contributed by atoms with van der Waals surface area (Å²) in [5, 5.41) is 0. The molecule has 1 amide bonds. The van der Waals surface area contributed by atoms with E-state index in [0.29, 0.717) is 18.2 Å².